The molecule has 2 nitrogen and oxygen atoms in total. The van der Waals surface area contributed by atoms with Crippen LogP contribution >= 0.6 is 0 Å². The Balaban J connectivity index is 2.42. The van der Waals surface area contributed by atoms with Gasteiger partial charge in [0, 0.05) is 6.42 Å². The fourth-order valence-corrected chi connectivity index (χ4v) is 1.27. The van der Waals surface area contributed by atoms with Gasteiger partial charge in [0.15, 0.2) is 0 Å². The summed E-state index contributed by atoms with van der Waals surface area (Å²) in [7, 11) is 0. The molecule has 0 radical (unpaired) electrons. The summed E-state index contributed by atoms with van der Waals surface area (Å²) in [4.78, 5) is 0. The van der Waals surface area contributed by atoms with Gasteiger partial charge in [0.05, 0.1) is 11.9 Å². The van der Waals surface area contributed by atoms with Crippen molar-refractivity contribution in [3.05, 3.63) is 36.3 Å². The predicted octanol–water partition coefficient (Wildman–Crippen LogP) is 2.54. The SMILES string of the molecule is C/C=C/C(C)(O)CCc1ccco1. The minimum Gasteiger partial charge on any atom is -0.469 e. The van der Waals surface area contributed by atoms with Crippen LogP contribution in [0.25, 0.3) is 0 Å². The van der Waals surface area contributed by atoms with Gasteiger partial charge in [0.2, 0.25) is 0 Å². The number of aryl methyl sites for hydroxylation is 1. The molecule has 0 spiro atoms. The third-order valence-corrected chi connectivity index (χ3v) is 1.98. The van der Waals surface area contributed by atoms with E-state index in [4.69, 9.17) is 4.42 Å². The second-order valence-corrected chi connectivity index (χ2v) is 3.44. The van der Waals surface area contributed by atoms with Gasteiger partial charge in [-0.25, -0.2) is 0 Å². The normalized spacial score (nSPS) is 16.2. The minimum absolute atomic E-state index is 0.685. The first-order valence-corrected chi connectivity index (χ1v) is 4.53. The molecule has 2 heteroatoms. The zero-order valence-electron chi connectivity index (χ0n) is 8.16. The molecule has 1 aromatic heterocycles. The molecule has 72 valence electrons. The first kappa shape index (κ1) is 10.1. The van der Waals surface area contributed by atoms with Gasteiger partial charge in [0.25, 0.3) is 0 Å². The van der Waals surface area contributed by atoms with Crippen molar-refractivity contribution in [2.45, 2.75) is 32.3 Å². The predicted molar refractivity (Wildman–Crippen MR) is 52.5 cm³/mol. The molecule has 0 aliphatic carbocycles. The highest BCUT2D eigenvalue weighted by Crippen LogP contribution is 2.15. The summed E-state index contributed by atoms with van der Waals surface area (Å²) in [5, 5.41) is 9.78. The lowest BCUT2D eigenvalue weighted by Crippen LogP contribution is -2.21. The van der Waals surface area contributed by atoms with E-state index in [9.17, 15) is 5.11 Å². The highest BCUT2D eigenvalue weighted by Gasteiger charge is 2.15. The molecule has 0 amide bonds. The van der Waals surface area contributed by atoms with Crippen LogP contribution in [0.2, 0.25) is 0 Å². The first-order chi connectivity index (χ1) is 6.14. The van der Waals surface area contributed by atoms with Crippen molar-refractivity contribution in [3.8, 4) is 0 Å². The second kappa shape index (κ2) is 4.28. The van der Waals surface area contributed by atoms with Crippen LogP contribution in [0, 0.1) is 0 Å². The third-order valence-electron chi connectivity index (χ3n) is 1.98. The Kier molecular flexibility index (Phi) is 3.32. The Labute approximate surface area is 78.9 Å². The maximum Gasteiger partial charge on any atom is 0.103 e. The zero-order chi connectivity index (χ0) is 9.73. The molecule has 0 aliphatic heterocycles. The molecule has 0 fully saturated rings. The molecule has 1 atom stereocenters. The third kappa shape index (κ3) is 3.47. The van der Waals surface area contributed by atoms with Crippen molar-refractivity contribution >= 4 is 0 Å². The van der Waals surface area contributed by atoms with Gasteiger partial charge in [-0.2, -0.15) is 0 Å². The Bertz CT molecular complexity index is 258. The molecular formula is C11H16O2. The van der Waals surface area contributed by atoms with Gasteiger partial charge < -0.3 is 9.52 Å². The second-order valence-electron chi connectivity index (χ2n) is 3.44. The van der Waals surface area contributed by atoms with Crippen LogP contribution in [0.15, 0.2) is 35.0 Å². The quantitative estimate of drug-likeness (QED) is 0.722. The molecule has 0 saturated carbocycles. The van der Waals surface area contributed by atoms with Crippen molar-refractivity contribution < 1.29 is 9.52 Å². The van der Waals surface area contributed by atoms with Crippen LogP contribution < -0.4 is 0 Å². The maximum atomic E-state index is 9.78. The summed E-state index contributed by atoms with van der Waals surface area (Å²) >= 11 is 0. The molecule has 0 aromatic carbocycles. The maximum absolute atomic E-state index is 9.78. The molecule has 1 unspecified atom stereocenters. The van der Waals surface area contributed by atoms with E-state index in [1.807, 2.05) is 25.1 Å². The molecule has 1 rings (SSSR count). The number of aliphatic hydroxyl groups is 1. The van der Waals surface area contributed by atoms with Crippen molar-refractivity contribution in [3.63, 3.8) is 0 Å². The molecule has 1 N–H and O–H groups in total. The molecule has 0 bridgehead atoms. The van der Waals surface area contributed by atoms with E-state index in [0.29, 0.717) is 6.42 Å². The lowest BCUT2D eigenvalue weighted by atomic mass is 9.99. The average Bonchev–Trinajstić information content (AvgIpc) is 2.52. The number of hydrogen-bond donors (Lipinski definition) is 1. The van der Waals surface area contributed by atoms with Crippen molar-refractivity contribution in [1.82, 2.24) is 0 Å². The molecule has 0 saturated heterocycles. The fourth-order valence-electron chi connectivity index (χ4n) is 1.27. The van der Waals surface area contributed by atoms with E-state index < -0.39 is 5.60 Å². The molecule has 13 heavy (non-hydrogen) atoms. The van der Waals surface area contributed by atoms with Crippen molar-refractivity contribution in [2.24, 2.45) is 0 Å². The first-order valence-electron chi connectivity index (χ1n) is 4.53. The molecule has 1 aromatic rings. The van der Waals surface area contributed by atoms with Crippen molar-refractivity contribution in [1.29, 1.82) is 0 Å². The number of furan rings is 1. The van der Waals surface area contributed by atoms with E-state index in [1.165, 1.54) is 0 Å². The van der Waals surface area contributed by atoms with Gasteiger partial charge >= 0.3 is 0 Å². The topological polar surface area (TPSA) is 33.4 Å². The lowest BCUT2D eigenvalue weighted by molar-refractivity contribution is 0.100. The Morgan fingerprint density at radius 2 is 2.38 bits per heavy atom. The van der Waals surface area contributed by atoms with Crippen LogP contribution in [-0.4, -0.2) is 10.7 Å². The summed E-state index contributed by atoms with van der Waals surface area (Å²) < 4.78 is 5.17. The van der Waals surface area contributed by atoms with Crippen LogP contribution in [0.3, 0.4) is 0 Å². The number of allylic oxidation sites excluding steroid dienone is 1. The zero-order valence-corrected chi connectivity index (χ0v) is 8.16. The van der Waals surface area contributed by atoms with Gasteiger partial charge in [-0.3, -0.25) is 0 Å². The standard InChI is InChI=1S/C11H16O2/c1-3-7-11(2,12)8-6-10-5-4-9-13-10/h3-5,7,9,12H,6,8H2,1-2H3/b7-3+. The largest absolute Gasteiger partial charge is 0.469 e. The lowest BCUT2D eigenvalue weighted by Gasteiger charge is -2.17. The Hall–Kier alpha value is -1.02. The van der Waals surface area contributed by atoms with Crippen LogP contribution in [-0.2, 0) is 6.42 Å². The highest BCUT2D eigenvalue weighted by molar-refractivity contribution is 5.02. The van der Waals surface area contributed by atoms with Gasteiger partial charge in [-0.15, -0.1) is 0 Å². The van der Waals surface area contributed by atoms with E-state index in [2.05, 4.69) is 0 Å². The number of rotatable bonds is 4. The summed E-state index contributed by atoms with van der Waals surface area (Å²) in [5.74, 6) is 0.921. The van der Waals surface area contributed by atoms with E-state index in [0.717, 1.165) is 12.2 Å². The smallest absolute Gasteiger partial charge is 0.103 e. The van der Waals surface area contributed by atoms with E-state index in [1.54, 1.807) is 19.3 Å². The molecule has 0 aliphatic rings. The van der Waals surface area contributed by atoms with Gasteiger partial charge in [-0.1, -0.05) is 12.2 Å². The minimum atomic E-state index is -0.721. The monoisotopic (exact) mass is 180 g/mol. The van der Waals surface area contributed by atoms with Crippen LogP contribution in [0.1, 0.15) is 26.0 Å². The summed E-state index contributed by atoms with van der Waals surface area (Å²) in [6.45, 7) is 3.71. The average molecular weight is 180 g/mol. The van der Waals surface area contributed by atoms with Crippen LogP contribution in [0.4, 0.5) is 0 Å². The molecular weight excluding hydrogens is 164 g/mol. The summed E-state index contributed by atoms with van der Waals surface area (Å²) in [6.07, 6.45) is 6.77. The fraction of sp³-hybridized carbons (Fsp3) is 0.455. The Morgan fingerprint density at radius 3 is 2.92 bits per heavy atom. The molecule has 1 heterocycles. The highest BCUT2D eigenvalue weighted by atomic mass is 16.3. The van der Waals surface area contributed by atoms with Gasteiger partial charge in [0.1, 0.15) is 5.76 Å². The number of hydrogen-bond acceptors (Lipinski definition) is 2. The summed E-state index contributed by atoms with van der Waals surface area (Å²) in [5.41, 5.74) is -0.721. The summed E-state index contributed by atoms with van der Waals surface area (Å²) in [6, 6.07) is 3.78. The van der Waals surface area contributed by atoms with E-state index in [-0.39, 0.29) is 0 Å². The van der Waals surface area contributed by atoms with Crippen molar-refractivity contribution in [2.75, 3.05) is 0 Å². The van der Waals surface area contributed by atoms with E-state index >= 15 is 0 Å². The van der Waals surface area contributed by atoms with Crippen LogP contribution in [0.5, 0.6) is 0 Å². The van der Waals surface area contributed by atoms with Gasteiger partial charge in [-0.05, 0) is 32.4 Å². The Morgan fingerprint density at radius 1 is 1.62 bits per heavy atom.